The Morgan fingerprint density at radius 2 is 1.69 bits per heavy atom. The fraction of sp³-hybridized carbons (Fsp3) is 0.423. The smallest absolute Gasteiger partial charge is 0.414 e. The molecule has 0 aromatic heterocycles. The third-order valence-corrected chi connectivity index (χ3v) is 6.07. The van der Waals surface area contributed by atoms with Gasteiger partial charge in [-0.05, 0) is 43.4 Å². The molecular formula is C26H33FN2O6. The SMILES string of the molecule is COC(C)C(=O)N(c1ccccc1F)C1CCN(CCc2ccccc2)CC1C.O=C(O)C(=O)O. The second-order valence-electron chi connectivity index (χ2n) is 8.52. The van der Waals surface area contributed by atoms with E-state index >= 15 is 0 Å². The van der Waals surface area contributed by atoms with Crippen LogP contribution in [0.5, 0.6) is 0 Å². The van der Waals surface area contributed by atoms with Crippen LogP contribution in [0.3, 0.4) is 0 Å². The van der Waals surface area contributed by atoms with Crippen LogP contribution in [0.25, 0.3) is 0 Å². The van der Waals surface area contributed by atoms with E-state index in [2.05, 4.69) is 36.1 Å². The Morgan fingerprint density at radius 3 is 2.23 bits per heavy atom. The average molecular weight is 489 g/mol. The van der Waals surface area contributed by atoms with Crippen LogP contribution in [0, 0.1) is 11.7 Å². The van der Waals surface area contributed by atoms with Crippen LogP contribution in [0.15, 0.2) is 54.6 Å². The molecule has 0 aliphatic carbocycles. The molecule has 0 saturated carbocycles. The van der Waals surface area contributed by atoms with Crippen molar-refractivity contribution in [3.05, 3.63) is 66.0 Å². The number of halogens is 1. The van der Waals surface area contributed by atoms with Gasteiger partial charge in [0.25, 0.3) is 5.91 Å². The lowest BCUT2D eigenvalue weighted by Gasteiger charge is -2.43. The highest BCUT2D eigenvalue weighted by atomic mass is 19.1. The number of methoxy groups -OCH3 is 1. The number of likely N-dealkylation sites (tertiary alicyclic amines) is 1. The summed E-state index contributed by atoms with van der Waals surface area (Å²) in [5.74, 6) is -3.98. The van der Waals surface area contributed by atoms with Gasteiger partial charge in [-0.1, -0.05) is 49.4 Å². The third kappa shape index (κ3) is 8.15. The molecule has 1 aliphatic heterocycles. The molecule has 1 heterocycles. The molecule has 3 unspecified atom stereocenters. The molecule has 190 valence electrons. The zero-order valence-electron chi connectivity index (χ0n) is 20.3. The van der Waals surface area contributed by atoms with Crippen molar-refractivity contribution in [3.63, 3.8) is 0 Å². The fourth-order valence-electron chi connectivity index (χ4n) is 4.14. The predicted octanol–water partition coefficient (Wildman–Crippen LogP) is 3.30. The van der Waals surface area contributed by atoms with Gasteiger partial charge in [-0.2, -0.15) is 0 Å². The Balaban J connectivity index is 0.000000641. The number of ether oxygens (including phenoxy) is 1. The Morgan fingerprint density at radius 1 is 1.09 bits per heavy atom. The number of para-hydroxylation sites is 1. The molecule has 3 atom stereocenters. The molecular weight excluding hydrogens is 455 g/mol. The highest BCUT2D eigenvalue weighted by Gasteiger charge is 2.36. The number of carbonyl (C=O) groups is 3. The second kappa shape index (κ2) is 13.6. The largest absolute Gasteiger partial charge is 0.473 e. The first kappa shape index (κ1) is 27.9. The zero-order chi connectivity index (χ0) is 26.0. The molecule has 3 rings (SSSR count). The van der Waals surface area contributed by atoms with Crippen molar-refractivity contribution in [2.75, 3.05) is 31.6 Å². The van der Waals surface area contributed by atoms with Crippen LogP contribution >= 0.6 is 0 Å². The Labute approximate surface area is 204 Å². The highest BCUT2D eigenvalue weighted by molar-refractivity contribution is 6.27. The van der Waals surface area contributed by atoms with Gasteiger partial charge in [0.05, 0.1) is 5.69 Å². The van der Waals surface area contributed by atoms with Crippen LogP contribution in [-0.4, -0.2) is 71.8 Å². The average Bonchev–Trinajstić information content (AvgIpc) is 2.85. The highest BCUT2D eigenvalue weighted by Crippen LogP contribution is 2.30. The first-order valence-electron chi connectivity index (χ1n) is 11.5. The molecule has 0 radical (unpaired) electrons. The lowest BCUT2D eigenvalue weighted by molar-refractivity contribution is -0.159. The van der Waals surface area contributed by atoms with Gasteiger partial charge in [0.15, 0.2) is 0 Å². The number of carboxylic acids is 2. The summed E-state index contributed by atoms with van der Waals surface area (Å²) in [6, 6.07) is 16.9. The first-order chi connectivity index (χ1) is 16.6. The van der Waals surface area contributed by atoms with E-state index in [9.17, 15) is 9.18 Å². The summed E-state index contributed by atoms with van der Waals surface area (Å²) in [5.41, 5.74) is 1.68. The van der Waals surface area contributed by atoms with Gasteiger partial charge in [0.1, 0.15) is 11.9 Å². The molecule has 0 bridgehead atoms. The van der Waals surface area contributed by atoms with Crippen LogP contribution in [0.2, 0.25) is 0 Å². The zero-order valence-corrected chi connectivity index (χ0v) is 20.3. The summed E-state index contributed by atoms with van der Waals surface area (Å²) >= 11 is 0. The summed E-state index contributed by atoms with van der Waals surface area (Å²) in [5, 5.41) is 14.8. The number of carbonyl (C=O) groups excluding carboxylic acids is 1. The van der Waals surface area contributed by atoms with Crippen molar-refractivity contribution >= 4 is 23.5 Å². The van der Waals surface area contributed by atoms with E-state index in [4.69, 9.17) is 24.5 Å². The Kier molecular flexibility index (Phi) is 10.8. The number of nitrogens with zero attached hydrogens (tertiary/aromatic N) is 2. The summed E-state index contributed by atoms with van der Waals surface area (Å²) in [6.07, 6.45) is 1.21. The minimum atomic E-state index is -1.82. The number of hydrogen-bond acceptors (Lipinski definition) is 5. The fourth-order valence-corrected chi connectivity index (χ4v) is 4.14. The number of rotatable bonds is 7. The number of hydrogen-bond donors (Lipinski definition) is 2. The molecule has 1 fully saturated rings. The molecule has 2 aromatic rings. The summed E-state index contributed by atoms with van der Waals surface area (Å²) in [6.45, 7) is 6.63. The van der Waals surface area contributed by atoms with E-state index in [-0.39, 0.29) is 23.7 Å². The number of piperidine rings is 1. The van der Waals surface area contributed by atoms with Gasteiger partial charge in [0.2, 0.25) is 0 Å². The van der Waals surface area contributed by atoms with Crippen LogP contribution < -0.4 is 4.90 Å². The van der Waals surface area contributed by atoms with Crippen molar-refractivity contribution < 1.29 is 33.7 Å². The maximum absolute atomic E-state index is 14.6. The number of carboxylic acid groups (broad SMARTS) is 2. The number of amides is 1. The molecule has 1 amide bonds. The first-order valence-corrected chi connectivity index (χ1v) is 11.5. The molecule has 8 nitrogen and oxygen atoms in total. The monoisotopic (exact) mass is 488 g/mol. The molecule has 9 heteroatoms. The van der Waals surface area contributed by atoms with E-state index < -0.39 is 18.0 Å². The molecule has 2 N–H and O–H groups in total. The maximum atomic E-state index is 14.6. The van der Waals surface area contributed by atoms with Crippen LogP contribution in [0.1, 0.15) is 25.8 Å². The normalized spacial score (nSPS) is 18.6. The Hall–Kier alpha value is -3.30. The van der Waals surface area contributed by atoms with Gasteiger partial charge < -0.3 is 24.7 Å². The molecule has 35 heavy (non-hydrogen) atoms. The van der Waals surface area contributed by atoms with Crippen LogP contribution in [-0.2, 0) is 25.5 Å². The minimum Gasteiger partial charge on any atom is -0.473 e. The van der Waals surface area contributed by atoms with Gasteiger partial charge in [-0.3, -0.25) is 4.79 Å². The molecule has 1 saturated heterocycles. The van der Waals surface area contributed by atoms with Crippen molar-refractivity contribution in [2.24, 2.45) is 5.92 Å². The summed E-state index contributed by atoms with van der Waals surface area (Å²) in [7, 11) is 1.51. The number of benzene rings is 2. The summed E-state index contributed by atoms with van der Waals surface area (Å²) in [4.78, 5) is 35.4. The summed E-state index contributed by atoms with van der Waals surface area (Å²) < 4.78 is 19.9. The van der Waals surface area contributed by atoms with Crippen molar-refractivity contribution in [1.29, 1.82) is 0 Å². The molecule has 2 aromatic carbocycles. The topological polar surface area (TPSA) is 107 Å². The van der Waals surface area contributed by atoms with E-state index in [0.717, 1.165) is 32.5 Å². The van der Waals surface area contributed by atoms with E-state index in [0.29, 0.717) is 5.69 Å². The van der Waals surface area contributed by atoms with Gasteiger partial charge in [0, 0.05) is 32.8 Å². The van der Waals surface area contributed by atoms with E-state index in [1.54, 1.807) is 30.0 Å². The minimum absolute atomic E-state index is 0.0509. The number of anilines is 1. The van der Waals surface area contributed by atoms with Crippen LogP contribution in [0.4, 0.5) is 10.1 Å². The van der Waals surface area contributed by atoms with Gasteiger partial charge >= 0.3 is 11.9 Å². The molecule has 0 spiro atoms. The van der Waals surface area contributed by atoms with Crippen molar-refractivity contribution in [3.8, 4) is 0 Å². The van der Waals surface area contributed by atoms with Crippen molar-refractivity contribution in [1.82, 2.24) is 4.90 Å². The standard InChI is InChI=1S/C24H31FN2O2.C2H2O4/c1-18-17-26(15-13-20-9-5-4-6-10-20)16-14-22(18)27(24(28)19(2)29-3)23-12-8-7-11-21(23)25;3-1(4)2(5)6/h4-12,18-19,22H,13-17H2,1-3H3;(H,3,4)(H,5,6). The second-order valence-corrected chi connectivity index (χ2v) is 8.52. The van der Waals surface area contributed by atoms with E-state index in [1.165, 1.54) is 18.7 Å². The molecule has 1 aliphatic rings. The Bertz CT molecular complexity index is 975. The lowest BCUT2D eigenvalue weighted by Crippen LogP contribution is -2.55. The van der Waals surface area contributed by atoms with Crippen molar-refractivity contribution in [2.45, 2.75) is 38.8 Å². The predicted molar refractivity (Wildman–Crippen MR) is 130 cm³/mol. The quantitative estimate of drug-likeness (QED) is 0.576. The van der Waals surface area contributed by atoms with Gasteiger partial charge in [-0.25, -0.2) is 14.0 Å². The third-order valence-electron chi connectivity index (χ3n) is 6.07. The van der Waals surface area contributed by atoms with Gasteiger partial charge in [-0.15, -0.1) is 0 Å². The lowest BCUT2D eigenvalue weighted by atomic mass is 9.91. The number of aliphatic carboxylic acids is 2. The maximum Gasteiger partial charge on any atom is 0.414 e. The van der Waals surface area contributed by atoms with E-state index in [1.807, 2.05) is 6.07 Å².